The Morgan fingerprint density at radius 1 is 1.13 bits per heavy atom. The van der Waals surface area contributed by atoms with E-state index in [9.17, 15) is 19.5 Å². The molecule has 39 heavy (non-hydrogen) atoms. The van der Waals surface area contributed by atoms with E-state index in [1.807, 2.05) is 34.6 Å². The van der Waals surface area contributed by atoms with E-state index in [2.05, 4.69) is 20.1 Å². The third-order valence-electron chi connectivity index (χ3n) is 9.56. The predicted molar refractivity (Wildman–Crippen MR) is 153 cm³/mol. The molecule has 8 atom stereocenters. The van der Waals surface area contributed by atoms with Crippen LogP contribution in [-0.4, -0.2) is 93.1 Å². The molecule has 3 aliphatic heterocycles. The maximum absolute atomic E-state index is 14.6. The third kappa shape index (κ3) is 5.19. The summed E-state index contributed by atoms with van der Waals surface area (Å²) in [5, 5.41) is 10.6. The number of fused-ring (bicyclic) bond motifs is 1. The molecule has 3 saturated heterocycles. The van der Waals surface area contributed by atoms with Crippen molar-refractivity contribution in [3.63, 3.8) is 0 Å². The van der Waals surface area contributed by atoms with E-state index >= 15 is 0 Å². The molecule has 220 valence electrons. The predicted octanol–water partition coefficient (Wildman–Crippen LogP) is 3.79. The Labute approximate surface area is 235 Å². The van der Waals surface area contributed by atoms with Crippen LogP contribution in [0, 0.1) is 17.8 Å². The number of hydrogen-bond acceptors (Lipinski definition) is 5. The summed E-state index contributed by atoms with van der Waals surface area (Å²) in [5.74, 6) is -2.04. The molecular weight excluding hydrogens is 494 g/mol. The second-order valence-corrected chi connectivity index (χ2v) is 12.1. The van der Waals surface area contributed by atoms with Crippen LogP contribution in [0.5, 0.6) is 0 Å². The van der Waals surface area contributed by atoms with Crippen molar-refractivity contribution in [3.8, 4) is 0 Å². The minimum Gasteiger partial charge on any atom is -0.394 e. The molecule has 0 aromatic heterocycles. The number of aliphatic hydroxyl groups is 1. The molecule has 8 heteroatoms. The molecule has 3 rings (SSSR count). The fourth-order valence-corrected chi connectivity index (χ4v) is 7.46. The zero-order chi connectivity index (χ0) is 29.1. The summed E-state index contributed by atoms with van der Waals surface area (Å²) in [6.07, 6.45) is 7.80. The molecule has 2 bridgehead atoms. The number of carbonyl (C=O) groups is 3. The van der Waals surface area contributed by atoms with Crippen molar-refractivity contribution in [2.45, 2.75) is 109 Å². The van der Waals surface area contributed by atoms with Crippen LogP contribution in [-0.2, 0) is 19.1 Å². The van der Waals surface area contributed by atoms with E-state index in [-0.39, 0.29) is 36.3 Å². The van der Waals surface area contributed by atoms with Crippen LogP contribution in [0.3, 0.4) is 0 Å². The minimum atomic E-state index is -1.11. The van der Waals surface area contributed by atoms with Gasteiger partial charge < -0.3 is 24.5 Å². The van der Waals surface area contributed by atoms with Gasteiger partial charge in [-0.2, -0.15) is 0 Å². The second kappa shape index (κ2) is 12.5. The van der Waals surface area contributed by atoms with Gasteiger partial charge in [-0.1, -0.05) is 52.7 Å². The Morgan fingerprint density at radius 3 is 2.33 bits per heavy atom. The Kier molecular flexibility index (Phi) is 10.1. The molecule has 0 saturated carbocycles. The van der Waals surface area contributed by atoms with Gasteiger partial charge in [-0.25, -0.2) is 0 Å². The Bertz CT molecular complexity index is 939. The number of amides is 3. The maximum Gasteiger partial charge on any atom is 0.248 e. The van der Waals surface area contributed by atoms with E-state index in [1.54, 1.807) is 26.9 Å². The van der Waals surface area contributed by atoms with Crippen molar-refractivity contribution in [3.05, 3.63) is 25.3 Å². The van der Waals surface area contributed by atoms with Crippen LogP contribution < -0.4 is 0 Å². The second-order valence-electron chi connectivity index (χ2n) is 12.1. The molecule has 3 fully saturated rings. The van der Waals surface area contributed by atoms with Gasteiger partial charge >= 0.3 is 0 Å². The zero-order valence-electron chi connectivity index (χ0n) is 25.0. The van der Waals surface area contributed by atoms with Crippen LogP contribution >= 0.6 is 0 Å². The van der Waals surface area contributed by atoms with Crippen LogP contribution in [0.2, 0.25) is 0 Å². The number of likely N-dealkylation sites (tertiary alicyclic amines) is 1. The summed E-state index contributed by atoms with van der Waals surface area (Å²) in [4.78, 5) is 48.4. The monoisotopic (exact) mass is 545 g/mol. The number of rotatable bonds is 15. The van der Waals surface area contributed by atoms with E-state index in [0.29, 0.717) is 32.5 Å². The summed E-state index contributed by atoms with van der Waals surface area (Å²) in [6.45, 7) is 20.8. The van der Waals surface area contributed by atoms with Gasteiger partial charge in [0.05, 0.1) is 30.1 Å². The first-order chi connectivity index (χ1) is 18.5. The highest BCUT2D eigenvalue weighted by Gasteiger charge is 2.79. The van der Waals surface area contributed by atoms with Crippen LogP contribution in [0.15, 0.2) is 25.3 Å². The van der Waals surface area contributed by atoms with Gasteiger partial charge in [-0.15, -0.1) is 13.2 Å². The standard InChI is InChI=1S/C31H51N3O5/c1-9-14-22(7)33(19-12-4)29(38)26-31-16-15-30(8,39-31)24(27(36)32(17-10-2)18-11-3)25(31)28(37)34(26)23(20-35)21(6)13-5/h10,12,21-26,35H,2,4,9,11,13-20H2,1,3,5-8H3/t21-,22?,23-,24+,25-,26?,30-,31?/m0/s1. The van der Waals surface area contributed by atoms with E-state index in [4.69, 9.17) is 4.74 Å². The average molecular weight is 546 g/mol. The van der Waals surface area contributed by atoms with Crippen molar-refractivity contribution < 1.29 is 24.2 Å². The lowest BCUT2D eigenvalue weighted by Gasteiger charge is -2.42. The first-order valence-corrected chi connectivity index (χ1v) is 15.0. The van der Waals surface area contributed by atoms with Crippen molar-refractivity contribution in [2.24, 2.45) is 17.8 Å². The molecule has 0 aromatic carbocycles. The van der Waals surface area contributed by atoms with Gasteiger partial charge in [0.15, 0.2) is 0 Å². The molecule has 3 aliphatic rings. The molecule has 3 unspecified atom stereocenters. The Balaban J connectivity index is 2.18. The summed E-state index contributed by atoms with van der Waals surface area (Å²) in [7, 11) is 0. The van der Waals surface area contributed by atoms with Gasteiger partial charge in [-0.3, -0.25) is 14.4 Å². The molecule has 3 amide bonds. The molecule has 1 N–H and O–H groups in total. The number of carbonyl (C=O) groups excluding carboxylic acids is 3. The lowest BCUT2D eigenvalue weighted by atomic mass is 9.66. The maximum atomic E-state index is 14.6. The van der Waals surface area contributed by atoms with Crippen molar-refractivity contribution in [1.82, 2.24) is 14.7 Å². The third-order valence-corrected chi connectivity index (χ3v) is 9.56. The fourth-order valence-electron chi connectivity index (χ4n) is 7.46. The molecule has 0 aromatic rings. The number of nitrogens with zero attached hydrogens (tertiary/aromatic N) is 3. The molecule has 8 nitrogen and oxygen atoms in total. The first-order valence-electron chi connectivity index (χ1n) is 15.0. The van der Waals surface area contributed by atoms with Gasteiger partial charge in [0.25, 0.3) is 0 Å². The summed E-state index contributed by atoms with van der Waals surface area (Å²) < 4.78 is 6.83. The smallest absolute Gasteiger partial charge is 0.248 e. The van der Waals surface area contributed by atoms with Crippen molar-refractivity contribution in [1.29, 1.82) is 0 Å². The highest BCUT2D eigenvalue weighted by molar-refractivity contribution is 5.99. The average Bonchev–Trinajstić information content (AvgIpc) is 3.47. The number of hydrogen-bond donors (Lipinski definition) is 1. The molecule has 1 spiro atoms. The van der Waals surface area contributed by atoms with Crippen LogP contribution in [0.4, 0.5) is 0 Å². The van der Waals surface area contributed by atoms with E-state index in [1.165, 1.54) is 0 Å². The van der Waals surface area contributed by atoms with Crippen LogP contribution in [0.1, 0.15) is 80.1 Å². The number of ether oxygens (including phenoxy) is 1. The normalized spacial score (nSPS) is 31.5. The Hall–Kier alpha value is -2.19. The SMILES string of the molecule is C=CCN(CCC)C(=O)[C@H]1[C@H]2C(=O)N([C@@H](CO)[C@@H](C)CC)C(C(=O)N(CC=C)C(C)CCC)C23CC[C@]1(C)O3. The number of aliphatic hydroxyl groups excluding tert-OH is 1. The molecule has 0 radical (unpaired) electrons. The summed E-state index contributed by atoms with van der Waals surface area (Å²) in [6, 6.07) is -1.50. The largest absolute Gasteiger partial charge is 0.394 e. The van der Waals surface area contributed by atoms with Gasteiger partial charge in [-0.05, 0) is 45.4 Å². The lowest BCUT2D eigenvalue weighted by Crippen LogP contribution is -2.61. The van der Waals surface area contributed by atoms with Gasteiger partial charge in [0.2, 0.25) is 17.7 Å². The van der Waals surface area contributed by atoms with Crippen molar-refractivity contribution >= 4 is 17.7 Å². The lowest BCUT2D eigenvalue weighted by molar-refractivity contribution is -0.158. The highest BCUT2D eigenvalue weighted by atomic mass is 16.5. The highest BCUT2D eigenvalue weighted by Crippen LogP contribution is 2.64. The Morgan fingerprint density at radius 2 is 1.79 bits per heavy atom. The topological polar surface area (TPSA) is 90.4 Å². The summed E-state index contributed by atoms with van der Waals surface area (Å²) >= 11 is 0. The van der Waals surface area contributed by atoms with E-state index in [0.717, 1.165) is 25.7 Å². The molecule has 0 aliphatic carbocycles. The molecule has 3 heterocycles. The first kappa shape index (κ1) is 31.3. The van der Waals surface area contributed by atoms with E-state index < -0.39 is 35.1 Å². The summed E-state index contributed by atoms with van der Waals surface area (Å²) in [5.41, 5.74) is -1.94. The van der Waals surface area contributed by atoms with Crippen molar-refractivity contribution in [2.75, 3.05) is 26.2 Å². The van der Waals surface area contributed by atoms with Crippen LogP contribution in [0.25, 0.3) is 0 Å². The van der Waals surface area contributed by atoms with Gasteiger partial charge in [0.1, 0.15) is 11.6 Å². The minimum absolute atomic E-state index is 0.0373. The molecular formula is C31H51N3O5. The zero-order valence-corrected chi connectivity index (χ0v) is 25.0. The van der Waals surface area contributed by atoms with Gasteiger partial charge in [0, 0.05) is 25.7 Å². The quantitative estimate of drug-likeness (QED) is 0.316. The fraction of sp³-hybridized carbons (Fsp3) is 0.774.